The average Bonchev–Trinajstić information content (AvgIpc) is 4.05. The summed E-state index contributed by atoms with van der Waals surface area (Å²) in [6.07, 6.45) is 4.94. The van der Waals surface area contributed by atoms with E-state index >= 15 is 0 Å². The maximum absolute atomic E-state index is 14.7. The number of Topliss-reactive ketones (excluding diaryl/α,β-unsaturated/α-hetero) is 1. The quantitative estimate of drug-likeness (QED) is 0.0563. The summed E-state index contributed by atoms with van der Waals surface area (Å²) < 4.78 is 7.40. The highest BCUT2D eigenvalue weighted by Gasteiger charge is 2.51. The van der Waals surface area contributed by atoms with Gasteiger partial charge in [0, 0.05) is 25.8 Å². The Morgan fingerprint density at radius 3 is 2.06 bits per heavy atom. The van der Waals surface area contributed by atoms with Crippen molar-refractivity contribution in [2.75, 3.05) is 6.54 Å². The summed E-state index contributed by atoms with van der Waals surface area (Å²) >= 11 is 0. The number of esters is 1. The summed E-state index contributed by atoms with van der Waals surface area (Å²) in [5.74, 6) is -4.58. The third kappa shape index (κ3) is 14.3. The number of ether oxygens (including phenoxy) is 1. The zero-order chi connectivity index (χ0) is 50.6. The fourth-order valence-corrected chi connectivity index (χ4v) is 9.54. The highest BCUT2D eigenvalue weighted by molar-refractivity contribution is 6.38. The van der Waals surface area contributed by atoms with Crippen LogP contribution in [0.3, 0.4) is 0 Å². The maximum Gasteiger partial charge on any atom is 0.329 e. The first-order chi connectivity index (χ1) is 32.6. The predicted octanol–water partition coefficient (Wildman–Crippen LogP) is 5.00. The summed E-state index contributed by atoms with van der Waals surface area (Å²) in [5.41, 5.74) is 0.478. The Labute approximate surface area is 407 Å². The highest BCUT2D eigenvalue weighted by Crippen LogP contribution is 2.43. The number of amides is 5. The molecule has 1 saturated heterocycles. The lowest BCUT2D eigenvalue weighted by molar-refractivity contribution is -0.159. The van der Waals surface area contributed by atoms with Crippen LogP contribution in [0.15, 0.2) is 60.7 Å². The van der Waals surface area contributed by atoms with Crippen molar-refractivity contribution in [3.8, 4) is 0 Å². The molecular weight excluding hydrogens is 879 g/mol. The Bertz CT molecular complexity index is 2240. The molecule has 1 aliphatic heterocycles. The number of aryl methyl sites for hydroxylation is 1. The van der Waals surface area contributed by atoms with Crippen molar-refractivity contribution >= 4 is 41.3 Å². The van der Waals surface area contributed by atoms with Crippen LogP contribution in [0.1, 0.15) is 138 Å². The number of nitrogens with zero attached hydrogens (tertiary/aromatic N) is 5. The molecule has 5 amide bonds. The Morgan fingerprint density at radius 1 is 0.783 bits per heavy atom. The number of likely N-dealkylation sites (tertiary alicyclic amines) is 1. The average molecular weight is 954 g/mol. The molecule has 69 heavy (non-hydrogen) atoms. The van der Waals surface area contributed by atoms with Crippen molar-refractivity contribution in [1.29, 1.82) is 0 Å². The lowest BCUT2D eigenvalue weighted by Crippen LogP contribution is -2.60. The van der Waals surface area contributed by atoms with E-state index in [1.165, 1.54) is 4.90 Å². The normalized spacial score (nSPS) is 18.7. The van der Waals surface area contributed by atoms with Gasteiger partial charge in [0.2, 0.25) is 29.4 Å². The number of carbonyl (C=O) groups is 7. The van der Waals surface area contributed by atoms with Crippen LogP contribution in [-0.2, 0) is 56.7 Å². The first-order valence-electron chi connectivity index (χ1n) is 24.8. The third-order valence-corrected chi connectivity index (χ3v) is 13.2. The molecule has 1 saturated carbocycles. The van der Waals surface area contributed by atoms with E-state index < -0.39 is 76.7 Å². The zero-order valence-electron chi connectivity index (χ0n) is 42.2. The van der Waals surface area contributed by atoms with E-state index in [1.807, 2.05) is 89.5 Å². The largest absolute Gasteiger partial charge is 0.458 e. The number of hydrogen-bond donors (Lipinski definition) is 4. The summed E-state index contributed by atoms with van der Waals surface area (Å²) in [7, 11) is 0. The molecule has 1 aromatic heterocycles. The van der Waals surface area contributed by atoms with Crippen LogP contribution >= 0.6 is 0 Å². The molecule has 3 unspecified atom stereocenters. The number of unbranched alkanes of at least 4 members (excludes halogenated alkanes) is 1. The van der Waals surface area contributed by atoms with Crippen LogP contribution in [0.25, 0.3) is 0 Å². The fraction of sp³-hybridized carbons (Fsp3) is 0.615. The van der Waals surface area contributed by atoms with Gasteiger partial charge in [-0.15, -0.1) is 5.10 Å². The van der Waals surface area contributed by atoms with E-state index in [2.05, 4.69) is 36.8 Å². The van der Waals surface area contributed by atoms with Gasteiger partial charge in [0.25, 0.3) is 5.91 Å². The van der Waals surface area contributed by atoms with Gasteiger partial charge >= 0.3 is 5.97 Å². The van der Waals surface area contributed by atoms with Gasteiger partial charge in [-0.2, -0.15) is 0 Å². The second-order valence-electron chi connectivity index (χ2n) is 20.9. The molecule has 5 rings (SSSR count). The van der Waals surface area contributed by atoms with Crippen LogP contribution in [0.2, 0.25) is 0 Å². The molecule has 0 spiro atoms. The Morgan fingerprint density at radius 2 is 1.43 bits per heavy atom. The third-order valence-electron chi connectivity index (χ3n) is 13.2. The monoisotopic (exact) mass is 954 g/mol. The Balaban J connectivity index is 1.22. The van der Waals surface area contributed by atoms with Gasteiger partial charge in [-0.05, 0) is 112 Å². The molecule has 376 valence electrons. The Hall–Kier alpha value is -6.00. The van der Waals surface area contributed by atoms with E-state index in [-0.39, 0.29) is 48.8 Å². The maximum atomic E-state index is 14.7. The second-order valence-corrected chi connectivity index (χ2v) is 20.9. The lowest BCUT2D eigenvalue weighted by Gasteiger charge is -2.34. The van der Waals surface area contributed by atoms with Crippen molar-refractivity contribution in [2.24, 2.45) is 23.7 Å². The summed E-state index contributed by atoms with van der Waals surface area (Å²) in [5, 5.41) is 23.7. The standard InChI is InChI=1S/C52H75N9O8/c1-11-21-38(45(63)48(66)54-39(50(68)69-51(6,7)8)30-34-22-14-12-15-23-34)53-47(65)44-37-27-20-24-35(37)31-60(44)49(67)43(33(4)5)56-46(64)42(32(2)3)55-41(62)29-19-18-28-40-57-58-59-61(40)52(9,10)36-25-16-13-17-26-36/h12-17,22-23,25-26,32-33,35,37-39,42-44H,11,18-21,24,27-31H2,1-10H3,(H,53,65)(H,54,66)(H,55,62)(H,56,64)/t35?,37-,38?,39+,42-,43-,44?/m0/s1. The number of rotatable bonds is 23. The second kappa shape index (κ2) is 24.0. The van der Waals surface area contributed by atoms with Gasteiger partial charge in [-0.25, -0.2) is 9.48 Å². The molecule has 7 atom stereocenters. The molecule has 17 heteroatoms. The molecule has 2 fully saturated rings. The van der Waals surface area contributed by atoms with E-state index in [1.54, 1.807) is 45.0 Å². The minimum atomic E-state index is -1.23. The molecule has 0 radical (unpaired) electrons. The van der Waals surface area contributed by atoms with Crippen LogP contribution < -0.4 is 21.3 Å². The van der Waals surface area contributed by atoms with Gasteiger partial charge in [0.15, 0.2) is 5.82 Å². The topological polar surface area (TPSA) is 224 Å². The van der Waals surface area contributed by atoms with Crippen LogP contribution in [0, 0.1) is 23.7 Å². The fourth-order valence-electron chi connectivity index (χ4n) is 9.54. The Kier molecular flexibility index (Phi) is 18.8. The number of aromatic nitrogens is 4. The number of tetrazole rings is 1. The molecular formula is C52H75N9O8. The van der Waals surface area contributed by atoms with E-state index in [0.29, 0.717) is 44.5 Å². The first-order valence-corrected chi connectivity index (χ1v) is 24.8. The molecule has 3 aromatic rings. The SMILES string of the molecule is CCCC(NC(=O)C1[C@H]2CCCC2CN1C(=O)[C@@H](NC(=O)[C@@H](NC(=O)CCCCc1nnnn1C(C)(C)c1ccccc1)C(C)C)C(C)C)C(=O)C(=O)N[C@H](Cc1ccccc1)C(=O)OC(C)(C)C. The number of ketones is 1. The van der Waals surface area contributed by atoms with Crippen molar-refractivity contribution in [3.63, 3.8) is 0 Å². The summed E-state index contributed by atoms with van der Waals surface area (Å²) in [4.78, 5) is 98.9. The number of nitrogens with one attached hydrogen (secondary N) is 4. The van der Waals surface area contributed by atoms with Gasteiger partial charge in [-0.1, -0.05) is 108 Å². The van der Waals surface area contributed by atoms with Gasteiger partial charge in [0.1, 0.15) is 29.8 Å². The molecule has 17 nitrogen and oxygen atoms in total. The van der Waals surface area contributed by atoms with Crippen LogP contribution in [0.5, 0.6) is 0 Å². The first kappa shape index (κ1) is 53.9. The number of fused-ring (bicyclic) bond motifs is 1. The van der Waals surface area contributed by atoms with E-state index in [9.17, 15) is 33.6 Å². The zero-order valence-corrected chi connectivity index (χ0v) is 42.2. The smallest absolute Gasteiger partial charge is 0.329 e. The molecule has 4 N–H and O–H groups in total. The number of carbonyl (C=O) groups excluding carboxylic acids is 7. The van der Waals surface area contributed by atoms with Crippen molar-refractivity contribution in [1.82, 2.24) is 46.4 Å². The van der Waals surface area contributed by atoms with Gasteiger partial charge in [-0.3, -0.25) is 28.8 Å². The summed E-state index contributed by atoms with van der Waals surface area (Å²) in [6, 6.07) is 13.7. The van der Waals surface area contributed by atoms with E-state index in [0.717, 1.165) is 24.0 Å². The van der Waals surface area contributed by atoms with Crippen LogP contribution in [-0.4, -0.2) is 109 Å². The van der Waals surface area contributed by atoms with Crippen LogP contribution in [0.4, 0.5) is 0 Å². The summed E-state index contributed by atoms with van der Waals surface area (Å²) in [6.45, 7) is 18.6. The van der Waals surface area contributed by atoms with Crippen molar-refractivity contribution < 1.29 is 38.3 Å². The predicted molar refractivity (Wildman–Crippen MR) is 260 cm³/mol. The minimum absolute atomic E-state index is 0.0371. The minimum Gasteiger partial charge on any atom is -0.458 e. The highest BCUT2D eigenvalue weighted by atomic mass is 16.6. The number of hydrogen-bond acceptors (Lipinski definition) is 11. The molecule has 1 aliphatic carbocycles. The number of benzene rings is 2. The van der Waals surface area contributed by atoms with E-state index in [4.69, 9.17) is 4.74 Å². The van der Waals surface area contributed by atoms with Crippen molar-refractivity contribution in [3.05, 3.63) is 77.6 Å². The molecule has 0 bridgehead atoms. The molecule has 2 aliphatic rings. The van der Waals surface area contributed by atoms with Gasteiger partial charge in [0.05, 0.1) is 11.6 Å². The lowest BCUT2D eigenvalue weighted by atomic mass is 9.92. The molecule has 2 heterocycles. The van der Waals surface area contributed by atoms with Gasteiger partial charge < -0.3 is 30.9 Å². The molecule has 2 aromatic carbocycles. The van der Waals surface area contributed by atoms with Crippen molar-refractivity contribution in [2.45, 2.75) is 175 Å².